The van der Waals surface area contributed by atoms with Gasteiger partial charge in [0.15, 0.2) is 0 Å². The van der Waals surface area contributed by atoms with Gasteiger partial charge in [-0.3, -0.25) is 9.59 Å². The Bertz CT molecular complexity index is 871. The molecule has 0 bridgehead atoms. The van der Waals surface area contributed by atoms with E-state index in [9.17, 15) is 9.59 Å². The normalized spacial score (nSPS) is 14.5. The van der Waals surface area contributed by atoms with Gasteiger partial charge in [-0.05, 0) is 55.2 Å². The fraction of sp³-hybridized carbons (Fsp3) is 0.688. The van der Waals surface area contributed by atoms with Crippen LogP contribution in [0.1, 0.15) is 103 Å². The van der Waals surface area contributed by atoms with Gasteiger partial charge in [0.05, 0.1) is 12.0 Å². The maximum atomic E-state index is 13.6. The number of rotatable bonds is 16. The lowest BCUT2D eigenvalue weighted by Crippen LogP contribution is -2.46. The van der Waals surface area contributed by atoms with Crippen LogP contribution >= 0.6 is 0 Å². The predicted octanol–water partition coefficient (Wildman–Crippen LogP) is 7.22. The van der Waals surface area contributed by atoms with Crippen molar-refractivity contribution in [2.24, 2.45) is 22.2 Å². The number of hydrogen-bond donors (Lipinski definition) is 1. The van der Waals surface area contributed by atoms with Crippen molar-refractivity contribution in [3.05, 3.63) is 42.0 Å². The highest BCUT2D eigenvalue weighted by Gasteiger charge is 2.49. The van der Waals surface area contributed by atoms with E-state index in [1.165, 1.54) is 19.3 Å². The van der Waals surface area contributed by atoms with Crippen LogP contribution in [0.15, 0.2) is 30.8 Å². The van der Waals surface area contributed by atoms with E-state index in [4.69, 9.17) is 4.74 Å². The number of carbonyl (C=O) groups is 2. The molecule has 1 N–H and O–H groups in total. The first-order chi connectivity index (χ1) is 17.2. The van der Waals surface area contributed by atoms with Crippen LogP contribution in [0.3, 0.4) is 0 Å². The summed E-state index contributed by atoms with van der Waals surface area (Å²) in [5.74, 6) is 0.354. The van der Waals surface area contributed by atoms with Crippen LogP contribution in [0.5, 0.6) is 0 Å². The molecule has 2 unspecified atom stereocenters. The van der Waals surface area contributed by atoms with Crippen molar-refractivity contribution in [1.82, 2.24) is 10.2 Å². The molecule has 1 amide bonds. The van der Waals surface area contributed by atoms with E-state index < -0.39 is 5.41 Å². The van der Waals surface area contributed by atoms with E-state index in [1.807, 2.05) is 36.2 Å². The van der Waals surface area contributed by atoms with Crippen LogP contribution in [0.2, 0.25) is 0 Å². The summed E-state index contributed by atoms with van der Waals surface area (Å²) < 4.78 is 5.92. The van der Waals surface area contributed by atoms with Gasteiger partial charge in [0.1, 0.15) is 0 Å². The Balaban J connectivity index is 2.90. The Morgan fingerprint density at radius 1 is 1.08 bits per heavy atom. The summed E-state index contributed by atoms with van der Waals surface area (Å²) in [7, 11) is 1.88. The zero-order valence-electron chi connectivity index (χ0n) is 25.2. The quantitative estimate of drug-likeness (QED) is 0.187. The number of nitrogens with zero attached hydrogens (tertiary/aromatic N) is 1. The molecule has 0 spiro atoms. The zero-order valence-corrected chi connectivity index (χ0v) is 25.2. The molecule has 1 aromatic carbocycles. The second-order valence-corrected chi connectivity index (χ2v) is 12.5. The molecule has 5 nitrogen and oxygen atoms in total. The molecule has 0 fully saturated rings. The maximum absolute atomic E-state index is 13.6. The molecule has 0 aliphatic rings. The van der Waals surface area contributed by atoms with Gasteiger partial charge in [0.25, 0.3) is 5.91 Å². The molecule has 0 heterocycles. The van der Waals surface area contributed by atoms with Crippen LogP contribution in [0.4, 0.5) is 0 Å². The molecule has 0 saturated carbocycles. The van der Waals surface area contributed by atoms with Gasteiger partial charge in [0.2, 0.25) is 0 Å². The monoisotopic (exact) mass is 514 g/mol. The number of nitrogens with one attached hydrogen (secondary N) is 1. The van der Waals surface area contributed by atoms with Gasteiger partial charge in [-0.25, -0.2) is 0 Å². The fourth-order valence-electron chi connectivity index (χ4n) is 4.81. The van der Waals surface area contributed by atoms with E-state index in [-0.39, 0.29) is 22.7 Å². The smallest absolute Gasteiger partial charge is 0.312 e. The Kier molecular flexibility index (Phi) is 13.1. The van der Waals surface area contributed by atoms with Crippen LogP contribution in [0.25, 0.3) is 6.08 Å². The minimum absolute atomic E-state index is 0.0190. The van der Waals surface area contributed by atoms with Gasteiger partial charge in [0, 0.05) is 25.2 Å². The van der Waals surface area contributed by atoms with E-state index in [0.717, 1.165) is 12.0 Å². The molecule has 0 aliphatic heterocycles. The Hall–Kier alpha value is -2.14. The van der Waals surface area contributed by atoms with Crippen LogP contribution in [-0.2, 0) is 9.53 Å². The SMILES string of the molecule is C=Cc1ccccc1C(=O)N(CCCOC(=O)C(C)(CC(C)(C)C(C)CCCC)C(C)(C)C)CCNC. The third-order valence-corrected chi connectivity index (χ3v) is 8.38. The molecule has 1 rings (SSSR count). The summed E-state index contributed by atoms with van der Waals surface area (Å²) in [6.45, 7) is 23.5. The molecule has 0 aliphatic carbocycles. The number of unbranched alkanes of at least 4 members (excludes halogenated alkanes) is 1. The number of benzene rings is 1. The number of hydrogen-bond acceptors (Lipinski definition) is 4. The third-order valence-electron chi connectivity index (χ3n) is 8.38. The lowest BCUT2D eigenvalue weighted by molar-refractivity contribution is -0.166. The Morgan fingerprint density at radius 2 is 1.73 bits per heavy atom. The lowest BCUT2D eigenvalue weighted by Gasteiger charge is -2.46. The molecule has 0 aromatic heterocycles. The van der Waals surface area contributed by atoms with Gasteiger partial charge >= 0.3 is 5.97 Å². The number of ether oxygens (including phenoxy) is 1. The zero-order chi connectivity index (χ0) is 28.3. The third kappa shape index (κ3) is 9.28. The number of likely N-dealkylation sites (N-methyl/N-ethyl adjacent to an activating group) is 1. The first kappa shape index (κ1) is 32.9. The fourth-order valence-corrected chi connectivity index (χ4v) is 4.81. The lowest BCUT2D eigenvalue weighted by atomic mass is 9.58. The molecule has 2 atom stereocenters. The van der Waals surface area contributed by atoms with Gasteiger partial charge in [-0.15, -0.1) is 0 Å². The van der Waals surface area contributed by atoms with Crippen molar-refractivity contribution in [2.75, 3.05) is 33.3 Å². The van der Waals surface area contributed by atoms with Crippen molar-refractivity contribution >= 4 is 18.0 Å². The average molecular weight is 515 g/mol. The average Bonchev–Trinajstić information content (AvgIpc) is 2.85. The minimum Gasteiger partial charge on any atom is -0.465 e. The summed E-state index contributed by atoms with van der Waals surface area (Å²) in [5.41, 5.74) is 0.636. The van der Waals surface area contributed by atoms with Crippen molar-refractivity contribution in [3.63, 3.8) is 0 Å². The predicted molar refractivity (Wildman–Crippen MR) is 157 cm³/mol. The Morgan fingerprint density at radius 3 is 2.30 bits per heavy atom. The molecule has 0 saturated heterocycles. The van der Waals surface area contributed by atoms with Gasteiger partial charge in [-0.2, -0.15) is 0 Å². The molecule has 37 heavy (non-hydrogen) atoms. The first-order valence-corrected chi connectivity index (χ1v) is 14.1. The van der Waals surface area contributed by atoms with E-state index in [2.05, 4.69) is 67.3 Å². The minimum atomic E-state index is -0.610. The van der Waals surface area contributed by atoms with Crippen molar-refractivity contribution in [1.29, 1.82) is 0 Å². The van der Waals surface area contributed by atoms with Gasteiger partial charge < -0.3 is 15.0 Å². The molecular weight excluding hydrogens is 460 g/mol. The summed E-state index contributed by atoms with van der Waals surface area (Å²) in [6.07, 6.45) is 6.65. The molecule has 1 aromatic rings. The molecule has 210 valence electrons. The highest BCUT2D eigenvalue weighted by molar-refractivity contribution is 5.97. The second-order valence-electron chi connectivity index (χ2n) is 12.5. The van der Waals surface area contributed by atoms with Crippen LogP contribution in [-0.4, -0.2) is 50.1 Å². The highest BCUT2D eigenvalue weighted by Crippen LogP contribution is 2.50. The first-order valence-electron chi connectivity index (χ1n) is 14.1. The number of esters is 1. The summed E-state index contributed by atoms with van der Waals surface area (Å²) in [4.78, 5) is 28.7. The second kappa shape index (κ2) is 14.7. The number of amides is 1. The van der Waals surface area contributed by atoms with Gasteiger partial charge in [-0.1, -0.05) is 98.6 Å². The molecular formula is C32H54N2O3. The van der Waals surface area contributed by atoms with E-state index in [0.29, 0.717) is 44.1 Å². The van der Waals surface area contributed by atoms with Crippen LogP contribution < -0.4 is 5.32 Å². The van der Waals surface area contributed by atoms with Crippen molar-refractivity contribution in [3.8, 4) is 0 Å². The highest BCUT2D eigenvalue weighted by atomic mass is 16.5. The van der Waals surface area contributed by atoms with E-state index in [1.54, 1.807) is 6.08 Å². The molecule has 0 radical (unpaired) electrons. The van der Waals surface area contributed by atoms with Crippen molar-refractivity contribution < 1.29 is 14.3 Å². The van der Waals surface area contributed by atoms with E-state index >= 15 is 0 Å². The Labute approximate surface area is 227 Å². The van der Waals surface area contributed by atoms with Crippen molar-refractivity contribution in [2.45, 2.75) is 87.5 Å². The summed E-state index contributed by atoms with van der Waals surface area (Å²) >= 11 is 0. The van der Waals surface area contributed by atoms with Crippen LogP contribution in [0, 0.1) is 22.2 Å². The summed E-state index contributed by atoms with van der Waals surface area (Å²) in [6, 6.07) is 7.51. The topological polar surface area (TPSA) is 58.6 Å². The molecule has 5 heteroatoms. The standard InChI is InChI=1S/C32H54N2O3/c1-11-13-17-25(3)31(7,8)24-32(9,30(4,5)6)29(36)37-23-16-21-34(22-20-33-10)28(35)27-19-15-14-18-26(27)12-2/h12,14-15,18-19,25,33H,2,11,13,16-17,20-24H2,1,3-10H3. The maximum Gasteiger partial charge on any atom is 0.312 e. The largest absolute Gasteiger partial charge is 0.465 e. The number of carbonyl (C=O) groups excluding carboxylic acids is 2. The summed E-state index contributed by atoms with van der Waals surface area (Å²) in [5, 5.41) is 3.12.